The van der Waals surface area contributed by atoms with Gasteiger partial charge in [0.2, 0.25) is 5.91 Å². The maximum absolute atomic E-state index is 12.9. The number of nitrogens with one attached hydrogen (secondary N) is 1. The quantitative estimate of drug-likeness (QED) is 0.478. The highest BCUT2D eigenvalue weighted by atomic mass is 16.5. The molecule has 0 unspecified atom stereocenters. The first kappa shape index (κ1) is 21.2. The molecule has 9 heteroatoms. The molecule has 0 aliphatic carbocycles. The Kier molecular flexibility index (Phi) is 5.72. The summed E-state index contributed by atoms with van der Waals surface area (Å²) in [7, 11) is 4.69. The Hall–Kier alpha value is -4.01. The number of fused-ring (bicyclic) bond motifs is 3. The van der Waals surface area contributed by atoms with Crippen molar-refractivity contribution in [2.75, 3.05) is 21.3 Å². The number of amides is 1. The minimum atomic E-state index is -0.348. The number of methoxy groups -OCH3 is 3. The Bertz CT molecular complexity index is 1370. The predicted octanol–water partition coefficient (Wildman–Crippen LogP) is 2.30. The normalized spacial score (nSPS) is 11.0. The van der Waals surface area contributed by atoms with Crippen LogP contribution in [0.5, 0.6) is 17.2 Å². The van der Waals surface area contributed by atoms with E-state index in [9.17, 15) is 9.59 Å². The van der Waals surface area contributed by atoms with Crippen molar-refractivity contribution in [1.82, 2.24) is 19.5 Å². The average molecular weight is 436 g/mol. The molecule has 166 valence electrons. The van der Waals surface area contributed by atoms with Gasteiger partial charge in [0.1, 0.15) is 12.3 Å². The molecule has 0 bridgehead atoms. The number of hydrogen-bond acceptors (Lipinski definition) is 6. The Morgan fingerprint density at radius 2 is 1.78 bits per heavy atom. The molecule has 0 spiro atoms. The van der Waals surface area contributed by atoms with E-state index in [1.54, 1.807) is 49.6 Å². The van der Waals surface area contributed by atoms with E-state index in [1.807, 2.05) is 24.3 Å². The third kappa shape index (κ3) is 3.84. The van der Waals surface area contributed by atoms with Gasteiger partial charge in [-0.2, -0.15) is 4.98 Å². The van der Waals surface area contributed by atoms with E-state index in [2.05, 4.69) is 10.3 Å². The number of nitrogens with zero attached hydrogens (tertiary/aromatic N) is 3. The molecule has 0 saturated heterocycles. The zero-order valence-corrected chi connectivity index (χ0v) is 18.3. The van der Waals surface area contributed by atoms with Crippen LogP contribution >= 0.6 is 0 Å². The van der Waals surface area contributed by atoms with E-state index in [4.69, 9.17) is 14.2 Å². The highest BCUT2D eigenvalue weighted by Gasteiger charge is 2.19. The predicted molar refractivity (Wildman–Crippen MR) is 120 cm³/mol. The molecule has 1 amide bonds. The van der Waals surface area contributed by atoms with Crippen molar-refractivity contribution in [2.45, 2.75) is 20.0 Å². The van der Waals surface area contributed by atoms with Crippen LogP contribution in [0.3, 0.4) is 0 Å². The first-order valence-electron chi connectivity index (χ1n) is 9.99. The minimum Gasteiger partial charge on any atom is -0.497 e. The van der Waals surface area contributed by atoms with Gasteiger partial charge in [-0.15, -0.1) is 0 Å². The fraction of sp³-hybridized carbons (Fsp3) is 0.261. The van der Waals surface area contributed by atoms with E-state index >= 15 is 0 Å². The summed E-state index contributed by atoms with van der Waals surface area (Å²) in [6, 6.07) is 12.5. The number of aryl methyl sites for hydroxylation is 1. The lowest BCUT2D eigenvalue weighted by atomic mass is 10.2. The summed E-state index contributed by atoms with van der Waals surface area (Å²) < 4.78 is 19.6. The average Bonchev–Trinajstić information content (AvgIpc) is 3.09. The zero-order valence-electron chi connectivity index (χ0n) is 18.3. The zero-order chi connectivity index (χ0) is 22.8. The van der Waals surface area contributed by atoms with Crippen LogP contribution in [0.25, 0.3) is 16.6 Å². The van der Waals surface area contributed by atoms with Gasteiger partial charge in [0.25, 0.3) is 5.56 Å². The van der Waals surface area contributed by atoms with E-state index in [-0.39, 0.29) is 18.0 Å². The van der Waals surface area contributed by atoms with E-state index < -0.39 is 0 Å². The van der Waals surface area contributed by atoms with Gasteiger partial charge >= 0.3 is 0 Å². The van der Waals surface area contributed by atoms with E-state index in [0.717, 1.165) is 11.3 Å². The monoisotopic (exact) mass is 436 g/mol. The van der Waals surface area contributed by atoms with Gasteiger partial charge in [-0.3, -0.25) is 14.3 Å². The number of rotatable bonds is 7. The second kappa shape index (κ2) is 8.62. The number of aromatic nitrogens is 3. The summed E-state index contributed by atoms with van der Waals surface area (Å²) in [4.78, 5) is 29.1. The smallest absolute Gasteiger partial charge is 0.273 e. The van der Waals surface area contributed by atoms with Gasteiger partial charge < -0.3 is 19.5 Å². The van der Waals surface area contributed by atoms with Crippen molar-refractivity contribution in [3.05, 3.63) is 64.1 Å². The van der Waals surface area contributed by atoms with Crippen LogP contribution < -0.4 is 25.1 Å². The summed E-state index contributed by atoms with van der Waals surface area (Å²) in [5.74, 6) is 1.56. The lowest BCUT2D eigenvalue weighted by molar-refractivity contribution is -0.122. The van der Waals surface area contributed by atoms with Crippen LogP contribution in [0, 0.1) is 6.92 Å². The highest BCUT2D eigenvalue weighted by Crippen LogP contribution is 2.34. The molecule has 0 fully saturated rings. The number of benzene rings is 2. The molecule has 9 nitrogen and oxygen atoms in total. The Morgan fingerprint density at radius 1 is 1.03 bits per heavy atom. The molecule has 4 aromatic rings. The van der Waals surface area contributed by atoms with Gasteiger partial charge in [-0.05, 0) is 30.7 Å². The molecule has 2 heterocycles. The third-order valence-corrected chi connectivity index (χ3v) is 5.26. The van der Waals surface area contributed by atoms with Crippen molar-refractivity contribution in [2.24, 2.45) is 0 Å². The van der Waals surface area contributed by atoms with Gasteiger partial charge in [0.05, 0.1) is 26.8 Å². The first-order chi connectivity index (χ1) is 15.4. The second-order valence-corrected chi connectivity index (χ2v) is 7.28. The molecule has 32 heavy (non-hydrogen) atoms. The number of carbonyl (C=O) groups is 1. The fourth-order valence-electron chi connectivity index (χ4n) is 3.77. The molecule has 1 N–H and O–H groups in total. The van der Waals surface area contributed by atoms with Crippen molar-refractivity contribution in [1.29, 1.82) is 0 Å². The van der Waals surface area contributed by atoms with Crippen LogP contribution in [-0.4, -0.2) is 41.4 Å². The molecule has 0 saturated carbocycles. The molecule has 2 aromatic carbocycles. The first-order valence-corrected chi connectivity index (χ1v) is 9.99. The van der Waals surface area contributed by atoms with E-state index in [0.29, 0.717) is 40.3 Å². The molecule has 0 aliphatic heterocycles. The van der Waals surface area contributed by atoms with E-state index in [1.165, 1.54) is 6.07 Å². The maximum Gasteiger partial charge on any atom is 0.273 e. The number of carbonyl (C=O) groups excluding carboxylic acids is 1. The molecule has 0 aliphatic rings. The summed E-state index contributed by atoms with van der Waals surface area (Å²) in [6.07, 6.45) is 0. The minimum absolute atomic E-state index is 0.0187. The maximum atomic E-state index is 12.9. The molecule has 0 atom stereocenters. The fourth-order valence-corrected chi connectivity index (χ4v) is 3.77. The number of ether oxygens (including phenoxy) is 3. The summed E-state index contributed by atoms with van der Waals surface area (Å²) >= 11 is 0. The van der Waals surface area contributed by atoms with Gasteiger partial charge in [-0.25, -0.2) is 4.52 Å². The third-order valence-electron chi connectivity index (χ3n) is 5.26. The highest BCUT2D eigenvalue weighted by molar-refractivity contribution is 5.96. The van der Waals surface area contributed by atoms with Gasteiger partial charge in [0, 0.05) is 29.8 Å². The summed E-state index contributed by atoms with van der Waals surface area (Å²) in [6.45, 7) is 2.18. The standard InChI is InChI=1S/C23H24N4O5/c1-14-8-21(28)25-23-17-10-19(31-3)20(32-4)11-18(17)26(27(14)23)13-22(29)24-12-15-6-5-7-16(9-15)30-2/h5-11H,12-13H2,1-4H3,(H,24,29). The van der Waals surface area contributed by atoms with Crippen LogP contribution in [0.4, 0.5) is 0 Å². The van der Waals surface area contributed by atoms with Crippen LogP contribution in [0.2, 0.25) is 0 Å². The van der Waals surface area contributed by atoms with Gasteiger partial charge in [-0.1, -0.05) is 12.1 Å². The molecular formula is C23H24N4O5. The van der Waals surface area contributed by atoms with Crippen LogP contribution in [-0.2, 0) is 17.9 Å². The molecule has 4 rings (SSSR count). The van der Waals surface area contributed by atoms with Crippen molar-refractivity contribution < 1.29 is 19.0 Å². The van der Waals surface area contributed by atoms with Crippen LogP contribution in [0.1, 0.15) is 11.3 Å². The Labute approximate surface area is 184 Å². The lowest BCUT2D eigenvalue weighted by Gasteiger charge is -2.12. The summed E-state index contributed by atoms with van der Waals surface area (Å²) in [5.41, 5.74) is 2.38. The van der Waals surface area contributed by atoms with Gasteiger partial charge in [0.15, 0.2) is 17.1 Å². The lowest BCUT2D eigenvalue weighted by Crippen LogP contribution is -2.29. The molecular weight excluding hydrogens is 412 g/mol. The summed E-state index contributed by atoms with van der Waals surface area (Å²) in [5, 5.41) is 3.62. The number of hydrogen-bond donors (Lipinski definition) is 1. The topological polar surface area (TPSA) is 96.1 Å². The van der Waals surface area contributed by atoms with Crippen molar-refractivity contribution in [3.63, 3.8) is 0 Å². The Balaban J connectivity index is 1.74. The molecule has 0 radical (unpaired) electrons. The van der Waals surface area contributed by atoms with Crippen molar-refractivity contribution in [3.8, 4) is 17.2 Å². The van der Waals surface area contributed by atoms with Crippen molar-refractivity contribution >= 4 is 22.5 Å². The second-order valence-electron chi connectivity index (χ2n) is 7.28. The Morgan fingerprint density at radius 3 is 2.50 bits per heavy atom. The molecule has 2 aromatic heterocycles. The largest absolute Gasteiger partial charge is 0.497 e. The SMILES string of the molecule is COc1cccc(CNC(=O)Cn2c3cc(OC)c(OC)cc3c3nc(=O)cc(C)n32)c1. The van der Waals surface area contributed by atoms with Crippen LogP contribution in [0.15, 0.2) is 47.3 Å².